The van der Waals surface area contributed by atoms with E-state index < -0.39 is 15.9 Å². The van der Waals surface area contributed by atoms with Gasteiger partial charge in [0, 0.05) is 6.42 Å². The van der Waals surface area contributed by atoms with Crippen LogP contribution in [0.25, 0.3) is 0 Å². The lowest BCUT2D eigenvalue weighted by Gasteiger charge is -2.16. The number of imide groups is 1. The first-order valence-corrected chi connectivity index (χ1v) is 8.95. The van der Waals surface area contributed by atoms with Crippen molar-refractivity contribution in [2.45, 2.75) is 17.2 Å². The van der Waals surface area contributed by atoms with Gasteiger partial charge in [-0.3, -0.25) is 9.59 Å². The van der Waals surface area contributed by atoms with Gasteiger partial charge in [-0.25, -0.2) is 18.5 Å². The zero-order valence-electron chi connectivity index (χ0n) is 12.3. The van der Waals surface area contributed by atoms with Gasteiger partial charge in [0.1, 0.15) is 4.90 Å². The number of hydrogen-bond acceptors (Lipinski definition) is 4. The molecule has 2 aromatic rings. The van der Waals surface area contributed by atoms with Crippen LogP contribution in [0.1, 0.15) is 17.9 Å². The van der Waals surface area contributed by atoms with Gasteiger partial charge in [-0.1, -0.05) is 41.9 Å². The number of nitrogens with zero attached hydrogens (tertiary/aromatic N) is 1. The number of benzene rings is 2. The fraction of sp³-hybridized carbons (Fsp3) is 0.125. The first kappa shape index (κ1) is 16.6. The first-order valence-electron chi connectivity index (χ1n) is 7.03. The van der Waals surface area contributed by atoms with Gasteiger partial charge in [0.25, 0.3) is 0 Å². The Kier molecular flexibility index (Phi) is 4.16. The predicted octanol–water partition coefficient (Wildman–Crippen LogP) is 2.03. The molecule has 1 saturated heterocycles. The summed E-state index contributed by atoms with van der Waals surface area (Å²) in [7, 11) is -3.97. The molecular formula is C16H13ClN2O4S. The minimum atomic E-state index is -3.97. The summed E-state index contributed by atoms with van der Waals surface area (Å²) in [4.78, 5) is 25.7. The molecule has 1 fully saturated rings. The molecule has 2 amide bonds. The predicted molar refractivity (Wildman–Crippen MR) is 89.1 cm³/mol. The largest absolute Gasteiger partial charge is 0.274 e. The van der Waals surface area contributed by atoms with Crippen molar-refractivity contribution >= 4 is 39.1 Å². The molecule has 124 valence electrons. The van der Waals surface area contributed by atoms with E-state index in [-0.39, 0.29) is 33.8 Å². The number of nitrogens with two attached hydrogens (primary N) is 1. The standard InChI is InChI=1S/C16H13ClN2O4S/c17-13-8-11(6-7-14(13)24(18,22)23)19-15(20)9-12(16(19)21)10-4-2-1-3-5-10/h1-8,12H,9H2,(H2,18,22,23)/t12-/m0/s1. The third-order valence-corrected chi connectivity index (χ3v) is 5.22. The number of primary sulfonamides is 1. The van der Waals surface area contributed by atoms with Crippen LogP contribution in [0.4, 0.5) is 5.69 Å². The molecule has 1 heterocycles. The molecule has 1 aliphatic rings. The molecular weight excluding hydrogens is 352 g/mol. The molecule has 0 saturated carbocycles. The maximum atomic E-state index is 12.6. The molecule has 3 rings (SSSR count). The summed E-state index contributed by atoms with van der Waals surface area (Å²) in [5.41, 5.74) is 0.978. The van der Waals surface area contributed by atoms with Gasteiger partial charge in [-0.2, -0.15) is 0 Å². The number of hydrogen-bond donors (Lipinski definition) is 1. The van der Waals surface area contributed by atoms with Crippen molar-refractivity contribution in [2.75, 3.05) is 4.90 Å². The van der Waals surface area contributed by atoms with Crippen molar-refractivity contribution in [3.05, 3.63) is 59.1 Å². The van der Waals surface area contributed by atoms with Crippen LogP contribution in [0.5, 0.6) is 0 Å². The Hall–Kier alpha value is -2.22. The number of carbonyl (C=O) groups is 2. The molecule has 0 spiro atoms. The Labute approximate surface area is 143 Å². The summed E-state index contributed by atoms with van der Waals surface area (Å²) < 4.78 is 22.8. The Morgan fingerprint density at radius 2 is 1.75 bits per heavy atom. The monoisotopic (exact) mass is 364 g/mol. The van der Waals surface area contributed by atoms with Crippen molar-refractivity contribution in [1.29, 1.82) is 0 Å². The van der Waals surface area contributed by atoms with Crippen LogP contribution in [0.15, 0.2) is 53.4 Å². The van der Waals surface area contributed by atoms with E-state index in [4.69, 9.17) is 16.7 Å². The molecule has 1 atom stereocenters. The number of sulfonamides is 1. The molecule has 0 aliphatic carbocycles. The molecule has 2 aromatic carbocycles. The van der Waals surface area contributed by atoms with Gasteiger partial charge < -0.3 is 0 Å². The minimum absolute atomic E-state index is 0.0530. The molecule has 0 unspecified atom stereocenters. The van der Waals surface area contributed by atoms with Crippen LogP contribution < -0.4 is 10.0 Å². The van der Waals surface area contributed by atoms with Crippen molar-refractivity contribution in [1.82, 2.24) is 0 Å². The van der Waals surface area contributed by atoms with Gasteiger partial charge in [0.15, 0.2) is 0 Å². The van der Waals surface area contributed by atoms with E-state index in [2.05, 4.69) is 0 Å². The number of carbonyl (C=O) groups excluding carboxylic acids is 2. The normalized spacial score (nSPS) is 18.2. The summed E-state index contributed by atoms with van der Waals surface area (Å²) in [5, 5.41) is 4.91. The molecule has 1 aliphatic heterocycles. The van der Waals surface area contributed by atoms with Crippen molar-refractivity contribution in [2.24, 2.45) is 5.14 Å². The van der Waals surface area contributed by atoms with Crippen LogP contribution >= 0.6 is 11.6 Å². The van der Waals surface area contributed by atoms with Crippen LogP contribution in [-0.4, -0.2) is 20.2 Å². The van der Waals surface area contributed by atoms with Crippen molar-refractivity contribution in [3.8, 4) is 0 Å². The third kappa shape index (κ3) is 2.93. The highest BCUT2D eigenvalue weighted by atomic mass is 35.5. The van der Waals surface area contributed by atoms with E-state index >= 15 is 0 Å². The average molecular weight is 365 g/mol. The zero-order chi connectivity index (χ0) is 17.5. The Morgan fingerprint density at radius 3 is 2.33 bits per heavy atom. The Balaban J connectivity index is 1.97. The number of halogens is 1. The lowest BCUT2D eigenvalue weighted by molar-refractivity contribution is -0.121. The maximum Gasteiger partial charge on any atom is 0.241 e. The van der Waals surface area contributed by atoms with E-state index in [1.807, 2.05) is 6.07 Å². The molecule has 24 heavy (non-hydrogen) atoms. The lowest BCUT2D eigenvalue weighted by Crippen LogP contribution is -2.30. The quantitative estimate of drug-likeness (QED) is 0.842. The van der Waals surface area contributed by atoms with Gasteiger partial charge in [-0.15, -0.1) is 0 Å². The summed E-state index contributed by atoms with van der Waals surface area (Å²) in [6.45, 7) is 0. The number of amides is 2. The van der Waals surface area contributed by atoms with Crippen molar-refractivity contribution in [3.63, 3.8) is 0 Å². The van der Waals surface area contributed by atoms with E-state index in [0.717, 1.165) is 10.5 Å². The topological polar surface area (TPSA) is 97.5 Å². The summed E-state index contributed by atoms with van der Waals surface area (Å²) in [6.07, 6.45) is 0.0530. The van der Waals surface area contributed by atoms with E-state index in [0.29, 0.717) is 0 Å². The van der Waals surface area contributed by atoms with Crippen molar-refractivity contribution < 1.29 is 18.0 Å². The highest BCUT2D eigenvalue weighted by Gasteiger charge is 2.40. The Bertz CT molecular complexity index is 928. The maximum absolute atomic E-state index is 12.6. The number of anilines is 1. The highest BCUT2D eigenvalue weighted by molar-refractivity contribution is 7.89. The summed E-state index contributed by atoms with van der Waals surface area (Å²) >= 11 is 5.93. The van der Waals surface area contributed by atoms with Gasteiger partial charge in [-0.05, 0) is 23.8 Å². The molecule has 6 nitrogen and oxygen atoms in total. The Morgan fingerprint density at radius 1 is 1.08 bits per heavy atom. The van der Waals surface area contributed by atoms with E-state index in [1.165, 1.54) is 18.2 Å². The second-order valence-electron chi connectivity index (χ2n) is 5.39. The SMILES string of the molecule is NS(=O)(=O)c1ccc(N2C(=O)C[C@@H](c3ccccc3)C2=O)cc1Cl. The van der Waals surface area contributed by atoms with Crippen LogP contribution in [0.2, 0.25) is 5.02 Å². The van der Waals surface area contributed by atoms with Gasteiger partial charge in [0.05, 0.1) is 16.6 Å². The smallest absolute Gasteiger partial charge is 0.241 e. The van der Waals surface area contributed by atoms with Crippen LogP contribution in [0.3, 0.4) is 0 Å². The average Bonchev–Trinajstić information content (AvgIpc) is 2.81. The van der Waals surface area contributed by atoms with Crippen LogP contribution in [0, 0.1) is 0 Å². The fourth-order valence-electron chi connectivity index (χ4n) is 2.71. The highest BCUT2D eigenvalue weighted by Crippen LogP contribution is 2.35. The molecule has 0 radical (unpaired) electrons. The summed E-state index contributed by atoms with van der Waals surface area (Å²) in [5.74, 6) is -1.30. The zero-order valence-corrected chi connectivity index (χ0v) is 13.9. The van der Waals surface area contributed by atoms with Crippen LogP contribution in [-0.2, 0) is 19.6 Å². The molecule has 2 N–H and O–H groups in total. The lowest BCUT2D eigenvalue weighted by atomic mass is 9.98. The fourth-order valence-corrected chi connectivity index (χ4v) is 3.79. The van der Waals surface area contributed by atoms with Gasteiger partial charge in [0.2, 0.25) is 21.8 Å². The number of rotatable bonds is 3. The van der Waals surface area contributed by atoms with Gasteiger partial charge >= 0.3 is 0 Å². The molecule has 0 bridgehead atoms. The molecule has 0 aromatic heterocycles. The molecule has 8 heteroatoms. The second-order valence-corrected chi connectivity index (χ2v) is 7.33. The van der Waals surface area contributed by atoms with E-state index in [1.54, 1.807) is 24.3 Å². The third-order valence-electron chi connectivity index (χ3n) is 3.83. The minimum Gasteiger partial charge on any atom is -0.274 e. The second kappa shape index (κ2) is 6.01. The van der Waals surface area contributed by atoms with E-state index in [9.17, 15) is 18.0 Å². The first-order chi connectivity index (χ1) is 11.3. The summed E-state index contributed by atoms with van der Waals surface area (Å²) in [6, 6.07) is 12.8.